The molecule has 5 nitrogen and oxygen atoms in total. The Kier molecular flexibility index (Phi) is 3.67. The topological polar surface area (TPSA) is 79.6 Å². The maximum absolute atomic E-state index is 11.3. The molecule has 0 saturated heterocycles. The first-order valence-electron chi connectivity index (χ1n) is 3.34. The van der Waals surface area contributed by atoms with E-state index in [1.807, 2.05) is 0 Å². The number of aliphatic hydroxyl groups excluding tert-OH is 1. The Morgan fingerprint density at radius 2 is 2.29 bits per heavy atom. The molecule has 14 heavy (non-hydrogen) atoms. The summed E-state index contributed by atoms with van der Waals surface area (Å²) in [5.74, 6) is 0. The predicted molar refractivity (Wildman–Crippen MR) is 57.8 cm³/mol. The number of nitrogens with zero attached hydrogens (tertiary/aromatic N) is 2. The summed E-state index contributed by atoms with van der Waals surface area (Å²) in [6.07, 6.45) is 1.34. The van der Waals surface area contributed by atoms with Gasteiger partial charge in [-0.25, -0.2) is 4.98 Å². The summed E-state index contributed by atoms with van der Waals surface area (Å²) < 4.78 is 25.4. The molecule has 0 aliphatic heterocycles. The zero-order valence-corrected chi connectivity index (χ0v) is 9.26. The Balaban J connectivity index is 3.05. The number of rotatable bonds is 2. The number of sulfonamides is 1. The van der Waals surface area contributed by atoms with Crippen molar-refractivity contribution in [3.63, 3.8) is 0 Å². The Morgan fingerprint density at radius 3 is 2.79 bits per heavy atom. The molecule has 76 valence electrons. The van der Waals surface area contributed by atoms with E-state index in [-0.39, 0.29) is 16.6 Å². The fourth-order valence-electron chi connectivity index (χ4n) is 0.630. The Morgan fingerprint density at radius 1 is 1.57 bits per heavy atom. The number of aromatic nitrogens is 1. The summed E-state index contributed by atoms with van der Waals surface area (Å²) in [6, 6.07) is 4.44. The van der Waals surface area contributed by atoms with Crippen molar-refractivity contribution in [3.05, 3.63) is 24.4 Å². The molecule has 8 heteroatoms. The van der Waals surface area contributed by atoms with E-state index in [0.29, 0.717) is 0 Å². The quantitative estimate of drug-likeness (QED) is 0.594. The van der Waals surface area contributed by atoms with E-state index in [1.54, 1.807) is 6.07 Å². The summed E-state index contributed by atoms with van der Waals surface area (Å²) in [5, 5.41) is 8.44. The van der Waals surface area contributed by atoms with Crippen LogP contribution >= 0.6 is 12.2 Å². The first kappa shape index (κ1) is 11.2. The molecule has 0 unspecified atom stereocenters. The average Bonchev–Trinajstić information content (AvgIpc) is 2.16. The van der Waals surface area contributed by atoms with Gasteiger partial charge in [-0.3, -0.25) is 0 Å². The van der Waals surface area contributed by atoms with Crippen molar-refractivity contribution in [2.45, 2.75) is 5.03 Å². The SMILES string of the molecule is O=S(=O)(N=[SH]C(O)=S)c1ccccn1. The molecule has 0 atom stereocenters. The fraction of sp³-hybridized carbons (Fsp3) is 0. The maximum Gasteiger partial charge on any atom is 0.305 e. The van der Waals surface area contributed by atoms with Crippen molar-refractivity contribution in [2.75, 3.05) is 0 Å². The highest BCUT2D eigenvalue weighted by Gasteiger charge is 2.12. The fourth-order valence-corrected chi connectivity index (χ4v) is 2.42. The van der Waals surface area contributed by atoms with E-state index in [4.69, 9.17) is 5.11 Å². The monoisotopic (exact) mass is 250 g/mol. The number of hydrogen-bond acceptors (Lipinski definition) is 4. The summed E-state index contributed by atoms with van der Waals surface area (Å²) in [7, 11) is -3.80. The summed E-state index contributed by atoms with van der Waals surface area (Å²) in [6.45, 7) is 0. The molecule has 1 heterocycles. The van der Waals surface area contributed by atoms with Crippen LogP contribution in [0.15, 0.2) is 33.2 Å². The van der Waals surface area contributed by atoms with E-state index in [9.17, 15) is 8.42 Å². The van der Waals surface area contributed by atoms with Gasteiger partial charge in [0, 0.05) is 6.20 Å². The number of thiol groups is 1. The van der Waals surface area contributed by atoms with Crippen molar-refractivity contribution in [1.82, 2.24) is 4.98 Å². The highest BCUT2D eigenvalue weighted by molar-refractivity contribution is 8.07. The maximum atomic E-state index is 11.3. The molecule has 0 aliphatic carbocycles. The molecule has 0 bridgehead atoms. The smallest absolute Gasteiger partial charge is 0.305 e. The third kappa shape index (κ3) is 3.13. The highest BCUT2D eigenvalue weighted by Crippen LogP contribution is 2.07. The van der Waals surface area contributed by atoms with Crippen LogP contribution in [0.5, 0.6) is 0 Å². The van der Waals surface area contributed by atoms with E-state index in [0.717, 1.165) is 0 Å². The third-order valence-corrected chi connectivity index (χ3v) is 3.51. The van der Waals surface area contributed by atoms with E-state index in [2.05, 4.69) is 21.0 Å². The molecule has 1 rings (SSSR count). The molecular formula is C6H6N2O3S3. The van der Waals surface area contributed by atoms with Crippen molar-refractivity contribution in [3.8, 4) is 0 Å². The molecule has 0 aliphatic rings. The van der Waals surface area contributed by atoms with Gasteiger partial charge in [-0.05, 0) is 35.9 Å². The van der Waals surface area contributed by atoms with Crippen molar-refractivity contribution in [1.29, 1.82) is 0 Å². The minimum atomic E-state index is -3.80. The zero-order valence-electron chi connectivity index (χ0n) is 6.73. The van der Waals surface area contributed by atoms with Crippen molar-refractivity contribution >= 4 is 38.2 Å². The minimum absolute atomic E-state index is 0.163. The molecule has 0 radical (unpaired) electrons. The van der Waals surface area contributed by atoms with Crippen molar-refractivity contribution < 1.29 is 13.5 Å². The second-order valence-electron chi connectivity index (χ2n) is 2.11. The molecule has 0 aromatic carbocycles. The summed E-state index contributed by atoms with van der Waals surface area (Å²) >= 11 is 4.11. The number of pyridine rings is 1. The number of thiocarbonyl (C=S) groups is 1. The van der Waals surface area contributed by atoms with Crippen LogP contribution in [0.3, 0.4) is 0 Å². The molecule has 1 aromatic heterocycles. The first-order chi connectivity index (χ1) is 6.52. The Hall–Kier alpha value is -0.860. The van der Waals surface area contributed by atoms with Gasteiger partial charge in [0.2, 0.25) is 4.38 Å². The first-order valence-corrected chi connectivity index (χ1v) is 6.04. The average molecular weight is 250 g/mol. The third-order valence-electron chi connectivity index (χ3n) is 1.14. The zero-order chi connectivity index (χ0) is 10.6. The lowest BCUT2D eigenvalue weighted by atomic mass is 10.5. The standard InChI is InChI=1S/C6H6N2O3S3/c9-6(12)13-8-14(10,11)5-3-1-2-4-7-5/h1-4,13H,(H,9,12). The van der Waals surface area contributed by atoms with Crippen LogP contribution in [0.25, 0.3) is 0 Å². The van der Waals surface area contributed by atoms with Crippen LogP contribution in [0, 0.1) is 0 Å². The van der Waals surface area contributed by atoms with Gasteiger partial charge in [0.25, 0.3) is 0 Å². The molecule has 1 N–H and O–H groups in total. The summed E-state index contributed by atoms with van der Waals surface area (Å²) in [4.78, 5) is 3.62. The van der Waals surface area contributed by atoms with Gasteiger partial charge in [-0.2, -0.15) is 8.42 Å². The molecule has 0 saturated carbocycles. The van der Waals surface area contributed by atoms with Crippen LogP contribution in [-0.4, -0.2) is 22.9 Å². The largest absolute Gasteiger partial charge is 0.494 e. The van der Waals surface area contributed by atoms with Crippen LogP contribution in [0.4, 0.5) is 0 Å². The predicted octanol–water partition coefficient (Wildman–Crippen LogP) is 0.612. The van der Waals surface area contributed by atoms with Gasteiger partial charge in [-0.1, -0.05) is 6.07 Å². The van der Waals surface area contributed by atoms with E-state index >= 15 is 0 Å². The number of hydrogen-bond donors (Lipinski definition) is 2. The van der Waals surface area contributed by atoms with E-state index in [1.165, 1.54) is 18.3 Å². The molecule has 1 aromatic rings. The minimum Gasteiger partial charge on any atom is -0.494 e. The lowest BCUT2D eigenvalue weighted by Crippen LogP contribution is -2.00. The van der Waals surface area contributed by atoms with Gasteiger partial charge in [0.05, 0.1) is 0 Å². The van der Waals surface area contributed by atoms with Gasteiger partial charge >= 0.3 is 10.0 Å². The molecule has 0 fully saturated rings. The molecule has 0 amide bonds. The van der Waals surface area contributed by atoms with Crippen LogP contribution in [0.1, 0.15) is 0 Å². The van der Waals surface area contributed by atoms with Gasteiger partial charge < -0.3 is 5.11 Å². The van der Waals surface area contributed by atoms with Crippen LogP contribution in [0.2, 0.25) is 0 Å². The molecule has 0 spiro atoms. The lowest BCUT2D eigenvalue weighted by Gasteiger charge is -1.94. The molecular weight excluding hydrogens is 244 g/mol. The lowest BCUT2D eigenvalue weighted by molar-refractivity contribution is 0.584. The van der Waals surface area contributed by atoms with Gasteiger partial charge in [0.15, 0.2) is 5.03 Å². The normalized spacial score (nSPS) is 12.3. The van der Waals surface area contributed by atoms with Crippen molar-refractivity contribution in [2.24, 2.45) is 3.77 Å². The second-order valence-corrected chi connectivity index (χ2v) is 5.44. The van der Waals surface area contributed by atoms with Crippen LogP contribution < -0.4 is 0 Å². The van der Waals surface area contributed by atoms with Gasteiger partial charge in [-0.15, -0.1) is 3.77 Å². The van der Waals surface area contributed by atoms with E-state index < -0.39 is 14.4 Å². The Labute approximate surface area is 90.0 Å². The van der Waals surface area contributed by atoms with Crippen LogP contribution in [-0.2, 0) is 21.6 Å². The highest BCUT2D eigenvalue weighted by atomic mass is 32.2. The second kappa shape index (κ2) is 4.58. The van der Waals surface area contributed by atoms with Gasteiger partial charge in [0.1, 0.15) is 0 Å². The summed E-state index contributed by atoms with van der Waals surface area (Å²) in [5.41, 5.74) is 0. The number of aliphatic hydroxyl groups is 1. The Bertz CT molecular complexity index is 454.